The van der Waals surface area contributed by atoms with E-state index in [1.54, 1.807) is 0 Å². The second kappa shape index (κ2) is 3.23. The molecule has 0 aromatic heterocycles. The van der Waals surface area contributed by atoms with E-state index in [2.05, 4.69) is 19.2 Å². The Morgan fingerprint density at radius 2 is 2.31 bits per heavy atom. The van der Waals surface area contributed by atoms with Crippen molar-refractivity contribution in [3.05, 3.63) is 0 Å². The number of rotatable bonds is 3. The molecule has 3 nitrogen and oxygen atoms in total. The van der Waals surface area contributed by atoms with Crippen LogP contribution in [-0.4, -0.2) is 37.0 Å². The van der Waals surface area contributed by atoms with E-state index < -0.39 is 0 Å². The molecule has 1 heterocycles. The molecule has 3 unspecified atom stereocenters. The molecule has 0 spiro atoms. The molecule has 1 saturated heterocycles. The SMILES string of the molecule is CC1(C)C(NCCO)C2CCOC21. The van der Waals surface area contributed by atoms with Crippen LogP contribution in [0.25, 0.3) is 0 Å². The smallest absolute Gasteiger partial charge is 0.0685 e. The van der Waals surface area contributed by atoms with E-state index in [0.29, 0.717) is 24.6 Å². The van der Waals surface area contributed by atoms with E-state index in [-0.39, 0.29) is 12.0 Å². The summed E-state index contributed by atoms with van der Waals surface area (Å²) in [5, 5.41) is 12.2. The van der Waals surface area contributed by atoms with Gasteiger partial charge in [0.25, 0.3) is 0 Å². The van der Waals surface area contributed by atoms with Gasteiger partial charge in [-0.3, -0.25) is 0 Å². The van der Waals surface area contributed by atoms with Gasteiger partial charge in [-0.05, 0) is 6.42 Å². The number of nitrogens with one attached hydrogen (secondary N) is 1. The standard InChI is InChI=1S/C10H19NO2/c1-10(2)8(11-4-5-12)7-3-6-13-9(7)10/h7-9,11-12H,3-6H2,1-2H3. The van der Waals surface area contributed by atoms with Crippen molar-refractivity contribution in [3.63, 3.8) is 0 Å². The molecule has 0 bridgehead atoms. The molecule has 0 amide bonds. The van der Waals surface area contributed by atoms with Gasteiger partial charge in [0.15, 0.2) is 0 Å². The van der Waals surface area contributed by atoms with Gasteiger partial charge in [-0.15, -0.1) is 0 Å². The van der Waals surface area contributed by atoms with E-state index >= 15 is 0 Å². The van der Waals surface area contributed by atoms with Crippen LogP contribution in [0.15, 0.2) is 0 Å². The first-order chi connectivity index (χ1) is 6.18. The maximum absolute atomic E-state index is 8.75. The predicted octanol–water partition coefficient (Wildman–Crippen LogP) is 0.382. The molecule has 0 aromatic carbocycles. The molecule has 0 aromatic rings. The first kappa shape index (κ1) is 9.44. The summed E-state index contributed by atoms with van der Waals surface area (Å²) in [7, 11) is 0. The minimum atomic E-state index is 0.227. The quantitative estimate of drug-likeness (QED) is 0.668. The molecule has 2 N–H and O–H groups in total. The zero-order valence-corrected chi connectivity index (χ0v) is 8.42. The van der Waals surface area contributed by atoms with Gasteiger partial charge < -0.3 is 15.2 Å². The Bertz CT molecular complexity index is 193. The number of fused-ring (bicyclic) bond motifs is 1. The Labute approximate surface area is 79.5 Å². The summed E-state index contributed by atoms with van der Waals surface area (Å²) in [4.78, 5) is 0. The number of hydrogen-bond donors (Lipinski definition) is 2. The van der Waals surface area contributed by atoms with Crippen LogP contribution < -0.4 is 5.32 Å². The van der Waals surface area contributed by atoms with E-state index in [0.717, 1.165) is 6.61 Å². The second-order valence-corrected chi connectivity index (χ2v) is 4.72. The van der Waals surface area contributed by atoms with E-state index in [9.17, 15) is 0 Å². The molecule has 76 valence electrons. The average molecular weight is 185 g/mol. The summed E-state index contributed by atoms with van der Waals surface area (Å²) in [5.41, 5.74) is 0.246. The highest BCUT2D eigenvalue weighted by atomic mass is 16.5. The van der Waals surface area contributed by atoms with E-state index in [1.807, 2.05) is 0 Å². The lowest BCUT2D eigenvalue weighted by molar-refractivity contribution is -0.112. The van der Waals surface area contributed by atoms with Crippen LogP contribution in [0, 0.1) is 11.3 Å². The second-order valence-electron chi connectivity index (χ2n) is 4.72. The van der Waals surface area contributed by atoms with Crippen molar-refractivity contribution in [1.82, 2.24) is 5.32 Å². The third-order valence-electron chi connectivity index (χ3n) is 3.58. The van der Waals surface area contributed by atoms with Gasteiger partial charge in [-0.1, -0.05) is 13.8 Å². The summed E-state index contributed by atoms with van der Waals surface area (Å²) in [6.45, 7) is 6.33. The Morgan fingerprint density at radius 3 is 3.00 bits per heavy atom. The van der Waals surface area contributed by atoms with Crippen molar-refractivity contribution < 1.29 is 9.84 Å². The fourth-order valence-electron chi connectivity index (χ4n) is 2.96. The summed E-state index contributed by atoms with van der Waals surface area (Å²) < 4.78 is 5.67. The van der Waals surface area contributed by atoms with Gasteiger partial charge in [-0.2, -0.15) is 0 Å². The molecule has 2 rings (SSSR count). The highest BCUT2D eigenvalue weighted by molar-refractivity contribution is 5.11. The fourth-order valence-corrected chi connectivity index (χ4v) is 2.96. The molecule has 0 radical (unpaired) electrons. The summed E-state index contributed by atoms with van der Waals surface area (Å²) in [6.07, 6.45) is 1.63. The number of hydrogen-bond acceptors (Lipinski definition) is 3. The molecule has 3 atom stereocenters. The first-order valence-corrected chi connectivity index (χ1v) is 5.14. The summed E-state index contributed by atoms with van der Waals surface area (Å²) in [5.74, 6) is 0.682. The van der Waals surface area contributed by atoms with Crippen LogP contribution in [0.3, 0.4) is 0 Å². The number of aliphatic hydroxyl groups excluding tert-OH is 1. The van der Waals surface area contributed by atoms with Crippen LogP contribution in [0.4, 0.5) is 0 Å². The monoisotopic (exact) mass is 185 g/mol. The van der Waals surface area contributed by atoms with Crippen molar-refractivity contribution in [2.75, 3.05) is 19.8 Å². The lowest BCUT2D eigenvalue weighted by atomic mass is 9.57. The third-order valence-corrected chi connectivity index (χ3v) is 3.58. The highest BCUT2D eigenvalue weighted by Crippen LogP contribution is 2.51. The predicted molar refractivity (Wildman–Crippen MR) is 50.5 cm³/mol. The molecule has 2 aliphatic rings. The molecule has 1 saturated carbocycles. The Morgan fingerprint density at radius 1 is 1.54 bits per heavy atom. The molecule has 13 heavy (non-hydrogen) atoms. The molecule has 3 heteroatoms. The molecule has 1 aliphatic carbocycles. The molecular formula is C10H19NO2. The maximum Gasteiger partial charge on any atom is 0.0685 e. The molecule has 1 aliphatic heterocycles. The Kier molecular flexibility index (Phi) is 2.34. The highest BCUT2D eigenvalue weighted by Gasteiger charge is 2.58. The van der Waals surface area contributed by atoms with Gasteiger partial charge >= 0.3 is 0 Å². The summed E-state index contributed by atoms with van der Waals surface area (Å²) >= 11 is 0. The van der Waals surface area contributed by atoms with Crippen molar-refractivity contribution in [2.24, 2.45) is 11.3 Å². The van der Waals surface area contributed by atoms with Gasteiger partial charge in [0, 0.05) is 30.5 Å². The number of aliphatic hydroxyl groups is 1. The first-order valence-electron chi connectivity index (χ1n) is 5.14. The topological polar surface area (TPSA) is 41.5 Å². The van der Waals surface area contributed by atoms with Gasteiger partial charge in [0.05, 0.1) is 12.7 Å². The third kappa shape index (κ3) is 1.30. The Hall–Kier alpha value is -0.120. The van der Waals surface area contributed by atoms with Crippen molar-refractivity contribution in [1.29, 1.82) is 0 Å². The number of ether oxygens (including phenoxy) is 1. The van der Waals surface area contributed by atoms with Gasteiger partial charge in [0.2, 0.25) is 0 Å². The van der Waals surface area contributed by atoms with Crippen molar-refractivity contribution in [3.8, 4) is 0 Å². The van der Waals surface area contributed by atoms with Crippen LogP contribution in [0.1, 0.15) is 20.3 Å². The molecular weight excluding hydrogens is 166 g/mol. The Balaban J connectivity index is 1.95. The lowest BCUT2D eigenvalue weighted by Crippen LogP contribution is -2.66. The van der Waals surface area contributed by atoms with Gasteiger partial charge in [-0.25, -0.2) is 0 Å². The summed E-state index contributed by atoms with van der Waals surface area (Å²) in [6, 6.07) is 0.534. The fraction of sp³-hybridized carbons (Fsp3) is 1.00. The zero-order valence-electron chi connectivity index (χ0n) is 8.42. The van der Waals surface area contributed by atoms with Crippen LogP contribution in [0.2, 0.25) is 0 Å². The average Bonchev–Trinajstić information content (AvgIpc) is 2.51. The molecule has 2 fully saturated rings. The maximum atomic E-state index is 8.75. The van der Waals surface area contributed by atoms with Crippen LogP contribution in [0.5, 0.6) is 0 Å². The van der Waals surface area contributed by atoms with E-state index in [4.69, 9.17) is 9.84 Å². The van der Waals surface area contributed by atoms with E-state index in [1.165, 1.54) is 6.42 Å². The largest absolute Gasteiger partial charge is 0.395 e. The lowest BCUT2D eigenvalue weighted by Gasteiger charge is -2.54. The van der Waals surface area contributed by atoms with Crippen molar-refractivity contribution >= 4 is 0 Å². The minimum absolute atomic E-state index is 0.227. The van der Waals surface area contributed by atoms with Crippen LogP contribution >= 0.6 is 0 Å². The normalized spacial score (nSPS) is 41.3. The van der Waals surface area contributed by atoms with Crippen LogP contribution in [-0.2, 0) is 4.74 Å². The minimum Gasteiger partial charge on any atom is -0.395 e. The zero-order chi connectivity index (χ0) is 9.47. The van der Waals surface area contributed by atoms with Crippen molar-refractivity contribution in [2.45, 2.75) is 32.4 Å². The van der Waals surface area contributed by atoms with Gasteiger partial charge in [0.1, 0.15) is 0 Å².